The summed E-state index contributed by atoms with van der Waals surface area (Å²) < 4.78 is 0. The molecule has 0 spiro atoms. The van der Waals surface area contributed by atoms with Crippen LogP contribution in [-0.2, 0) is 4.79 Å². The Bertz CT molecular complexity index is 338. The molecule has 2 heterocycles. The van der Waals surface area contributed by atoms with Crippen LogP contribution in [0.1, 0.15) is 26.2 Å². The summed E-state index contributed by atoms with van der Waals surface area (Å²) in [4.78, 5) is 18.8. The van der Waals surface area contributed by atoms with Crippen molar-refractivity contribution in [3.05, 3.63) is 0 Å². The van der Waals surface area contributed by atoms with Crippen molar-refractivity contribution in [3.8, 4) is 6.07 Å². The highest BCUT2D eigenvalue weighted by molar-refractivity contribution is 5.81. The standard InChI is InChI=1S/C14H24N4O/c1-13(14(19)18-6-3-2-4-7-18)17-11-9-16(8-5-15)10-12-17/h13H,2-4,6-12H2,1H3. The first-order valence-electron chi connectivity index (χ1n) is 7.34. The highest BCUT2D eigenvalue weighted by Gasteiger charge is 2.29. The van der Waals surface area contributed by atoms with Crippen LogP contribution in [0.5, 0.6) is 0 Å². The molecule has 0 saturated carbocycles. The number of hydrogen-bond acceptors (Lipinski definition) is 4. The number of rotatable bonds is 3. The number of hydrogen-bond donors (Lipinski definition) is 0. The molecule has 0 bridgehead atoms. The van der Waals surface area contributed by atoms with E-state index in [1.165, 1.54) is 6.42 Å². The molecule has 19 heavy (non-hydrogen) atoms. The maximum Gasteiger partial charge on any atom is 0.239 e. The smallest absolute Gasteiger partial charge is 0.239 e. The van der Waals surface area contributed by atoms with E-state index in [9.17, 15) is 4.79 Å². The summed E-state index contributed by atoms with van der Waals surface area (Å²) in [5, 5.41) is 8.69. The maximum atomic E-state index is 12.4. The quantitative estimate of drug-likeness (QED) is 0.698. The molecule has 2 aliphatic rings. The van der Waals surface area contributed by atoms with Gasteiger partial charge in [0.1, 0.15) is 0 Å². The van der Waals surface area contributed by atoms with Crippen molar-refractivity contribution in [1.29, 1.82) is 5.26 Å². The van der Waals surface area contributed by atoms with Crippen LogP contribution < -0.4 is 0 Å². The first kappa shape index (κ1) is 14.3. The van der Waals surface area contributed by atoms with Gasteiger partial charge in [-0.25, -0.2) is 0 Å². The second kappa shape index (κ2) is 6.88. The van der Waals surface area contributed by atoms with Crippen LogP contribution in [-0.4, -0.2) is 72.5 Å². The Morgan fingerprint density at radius 1 is 1.11 bits per heavy atom. The third-order valence-corrected chi connectivity index (χ3v) is 4.27. The number of carbonyl (C=O) groups is 1. The SMILES string of the molecule is CC(C(=O)N1CCCCC1)N1CCN(CC#N)CC1. The number of piperazine rings is 1. The lowest BCUT2D eigenvalue weighted by molar-refractivity contribution is -0.138. The monoisotopic (exact) mass is 264 g/mol. The molecule has 1 amide bonds. The van der Waals surface area contributed by atoms with Crippen molar-refractivity contribution in [2.45, 2.75) is 32.2 Å². The fourth-order valence-electron chi connectivity index (χ4n) is 2.94. The predicted molar refractivity (Wildman–Crippen MR) is 73.5 cm³/mol. The Labute approximate surface area is 115 Å². The van der Waals surface area contributed by atoms with Gasteiger partial charge in [-0.1, -0.05) is 0 Å². The van der Waals surface area contributed by atoms with Crippen molar-refractivity contribution in [3.63, 3.8) is 0 Å². The van der Waals surface area contributed by atoms with Crippen LogP contribution in [0.3, 0.4) is 0 Å². The van der Waals surface area contributed by atoms with Crippen LogP contribution in [0.2, 0.25) is 0 Å². The van der Waals surface area contributed by atoms with Crippen LogP contribution in [0, 0.1) is 11.3 Å². The fourth-order valence-corrected chi connectivity index (χ4v) is 2.94. The van der Waals surface area contributed by atoms with Gasteiger partial charge in [-0.15, -0.1) is 0 Å². The first-order chi connectivity index (χ1) is 9.22. The van der Waals surface area contributed by atoms with Gasteiger partial charge in [0.05, 0.1) is 18.7 Å². The second-order valence-corrected chi connectivity index (χ2v) is 5.53. The number of piperidine rings is 1. The van der Waals surface area contributed by atoms with E-state index < -0.39 is 0 Å². The van der Waals surface area contributed by atoms with E-state index in [4.69, 9.17) is 5.26 Å². The average Bonchev–Trinajstić information content (AvgIpc) is 2.48. The topological polar surface area (TPSA) is 50.6 Å². The number of amides is 1. The number of likely N-dealkylation sites (tertiary alicyclic amines) is 1. The van der Waals surface area contributed by atoms with Gasteiger partial charge >= 0.3 is 0 Å². The Hall–Kier alpha value is -1.12. The third-order valence-electron chi connectivity index (χ3n) is 4.27. The van der Waals surface area contributed by atoms with Gasteiger partial charge in [0.2, 0.25) is 5.91 Å². The van der Waals surface area contributed by atoms with E-state index in [1.807, 2.05) is 11.8 Å². The Balaban J connectivity index is 1.81. The molecule has 2 aliphatic heterocycles. The van der Waals surface area contributed by atoms with E-state index in [0.29, 0.717) is 6.54 Å². The summed E-state index contributed by atoms with van der Waals surface area (Å²) in [6.07, 6.45) is 3.55. The number of nitrogens with zero attached hydrogens (tertiary/aromatic N) is 4. The highest BCUT2D eigenvalue weighted by Crippen LogP contribution is 2.13. The van der Waals surface area contributed by atoms with Crippen molar-refractivity contribution in [2.24, 2.45) is 0 Å². The van der Waals surface area contributed by atoms with Crippen LogP contribution in [0.4, 0.5) is 0 Å². The van der Waals surface area contributed by atoms with Gasteiger partial charge in [-0.2, -0.15) is 5.26 Å². The Morgan fingerprint density at radius 2 is 1.74 bits per heavy atom. The first-order valence-corrected chi connectivity index (χ1v) is 7.34. The molecule has 0 aromatic carbocycles. The lowest BCUT2D eigenvalue weighted by Crippen LogP contribution is -2.55. The van der Waals surface area contributed by atoms with Gasteiger partial charge in [0, 0.05) is 39.3 Å². The second-order valence-electron chi connectivity index (χ2n) is 5.53. The molecule has 0 aromatic rings. The van der Waals surface area contributed by atoms with E-state index in [-0.39, 0.29) is 11.9 Å². The normalized spacial score (nSPS) is 23.9. The van der Waals surface area contributed by atoms with Crippen molar-refractivity contribution in [2.75, 3.05) is 45.8 Å². The summed E-state index contributed by atoms with van der Waals surface area (Å²) in [6.45, 7) is 7.95. The summed E-state index contributed by atoms with van der Waals surface area (Å²) in [7, 11) is 0. The predicted octanol–water partition coefficient (Wildman–Crippen LogP) is 0.529. The highest BCUT2D eigenvalue weighted by atomic mass is 16.2. The molecule has 0 aliphatic carbocycles. The van der Waals surface area contributed by atoms with Gasteiger partial charge < -0.3 is 4.90 Å². The fraction of sp³-hybridized carbons (Fsp3) is 0.857. The summed E-state index contributed by atoms with van der Waals surface area (Å²) in [5.74, 6) is 0.286. The van der Waals surface area contributed by atoms with Gasteiger partial charge in [0.25, 0.3) is 0 Å². The molecule has 2 rings (SSSR count). The molecular weight excluding hydrogens is 240 g/mol. The van der Waals surface area contributed by atoms with Crippen molar-refractivity contribution >= 4 is 5.91 Å². The van der Waals surface area contributed by atoms with Crippen LogP contribution >= 0.6 is 0 Å². The van der Waals surface area contributed by atoms with Crippen molar-refractivity contribution < 1.29 is 4.79 Å². The largest absolute Gasteiger partial charge is 0.341 e. The van der Waals surface area contributed by atoms with E-state index >= 15 is 0 Å². The molecule has 0 N–H and O–H groups in total. The van der Waals surface area contributed by atoms with Crippen LogP contribution in [0.15, 0.2) is 0 Å². The number of carbonyl (C=O) groups excluding carboxylic acids is 1. The third kappa shape index (κ3) is 3.68. The lowest BCUT2D eigenvalue weighted by Gasteiger charge is -2.39. The zero-order chi connectivity index (χ0) is 13.7. The number of nitriles is 1. The molecule has 5 heteroatoms. The van der Waals surface area contributed by atoms with Gasteiger partial charge in [-0.3, -0.25) is 14.6 Å². The summed E-state index contributed by atoms with van der Waals surface area (Å²) in [6, 6.07) is 2.18. The molecular formula is C14H24N4O. The average molecular weight is 264 g/mol. The molecule has 0 radical (unpaired) electrons. The van der Waals surface area contributed by atoms with Crippen molar-refractivity contribution in [1.82, 2.24) is 14.7 Å². The zero-order valence-corrected chi connectivity index (χ0v) is 11.8. The van der Waals surface area contributed by atoms with E-state index in [1.54, 1.807) is 0 Å². The molecule has 2 saturated heterocycles. The Morgan fingerprint density at radius 3 is 2.32 bits per heavy atom. The molecule has 1 atom stereocenters. The minimum Gasteiger partial charge on any atom is -0.341 e. The maximum absolute atomic E-state index is 12.4. The zero-order valence-electron chi connectivity index (χ0n) is 11.8. The summed E-state index contributed by atoms with van der Waals surface area (Å²) in [5.41, 5.74) is 0. The minimum atomic E-state index is -0.0117. The summed E-state index contributed by atoms with van der Waals surface area (Å²) >= 11 is 0. The van der Waals surface area contributed by atoms with Crippen LogP contribution in [0.25, 0.3) is 0 Å². The molecule has 1 unspecified atom stereocenters. The van der Waals surface area contributed by atoms with Gasteiger partial charge in [0.15, 0.2) is 0 Å². The molecule has 2 fully saturated rings. The van der Waals surface area contributed by atoms with E-state index in [2.05, 4.69) is 15.9 Å². The molecule has 5 nitrogen and oxygen atoms in total. The Kier molecular flexibility index (Phi) is 5.17. The minimum absolute atomic E-state index is 0.0117. The van der Waals surface area contributed by atoms with E-state index in [0.717, 1.165) is 52.1 Å². The van der Waals surface area contributed by atoms with Gasteiger partial charge in [-0.05, 0) is 26.2 Å². The molecule has 0 aromatic heterocycles. The lowest BCUT2D eigenvalue weighted by atomic mass is 10.1. The molecule has 106 valence electrons.